The fourth-order valence-electron chi connectivity index (χ4n) is 4.74. The molecule has 4 heterocycles. The molecule has 2 aromatic heterocycles. The molecular formula is C21H30N4O. The van der Waals surface area contributed by atoms with Crippen LogP contribution in [0.2, 0.25) is 0 Å². The van der Waals surface area contributed by atoms with Gasteiger partial charge >= 0.3 is 0 Å². The van der Waals surface area contributed by atoms with Crippen molar-refractivity contribution in [1.29, 1.82) is 0 Å². The first-order valence-electron chi connectivity index (χ1n) is 9.78. The minimum absolute atomic E-state index is 0.484. The van der Waals surface area contributed by atoms with Gasteiger partial charge in [-0.25, -0.2) is 0 Å². The van der Waals surface area contributed by atoms with Crippen LogP contribution in [0.15, 0.2) is 42.9 Å². The van der Waals surface area contributed by atoms with E-state index in [9.17, 15) is 0 Å². The highest BCUT2D eigenvalue weighted by Crippen LogP contribution is 2.39. The third-order valence-electron chi connectivity index (χ3n) is 6.01. The van der Waals surface area contributed by atoms with Crippen molar-refractivity contribution in [2.75, 3.05) is 46.4 Å². The maximum atomic E-state index is 5.28. The first-order chi connectivity index (χ1) is 12.8. The number of ether oxygens (including phenoxy) is 1. The van der Waals surface area contributed by atoms with E-state index in [1.807, 2.05) is 18.5 Å². The van der Waals surface area contributed by atoms with Gasteiger partial charge < -0.3 is 14.2 Å². The minimum Gasteiger partial charge on any atom is -0.383 e. The summed E-state index contributed by atoms with van der Waals surface area (Å²) in [7, 11) is 1.80. The predicted molar refractivity (Wildman–Crippen MR) is 103 cm³/mol. The average molecular weight is 354 g/mol. The van der Waals surface area contributed by atoms with Crippen LogP contribution in [0.1, 0.15) is 25.0 Å². The molecule has 2 fully saturated rings. The van der Waals surface area contributed by atoms with Crippen molar-refractivity contribution < 1.29 is 4.74 Å². The van der Waals surface area contributed by atoms with Gasteiger partial charge in [-0.3, -0.25) is 9.88 Å². The van der Waals surface area contributed by atoms with Gasteiger partial charge in [0.25, 0.3) is 0 Å². The summed E-state index contributed by atoms with van der Waals surface area (Å²) in [5.41, 5.74) is 2.98. The Hall–Kier alpha value is -1.69. The Labute approximate surface area is 156 Å². The third kappa shape index (κ3) is 3.85. The zero-order chi connectivity index (χ0) is 17.8. The maximum Gasteiger partial charge on any atom is 0.0636 e. The molecule has 0 amide bonds. The SMILES string of the molecule is COCCN1CCC[C@]2(CCN(Cc3cccn3-c3cccnc3)C2)C1. The lowest BCUT2D eigenvalue weighted by molar-refractivity contribution is 0.0672. The Kier molecular flexibility index (Phi) is 5.38. The van der Waals surface area contributed by atoms with Crippen molar-refractivity contribution >= 4 is 0 Å². The molecule has 2 aliphatic heterocycles. The summed E-state index contributed by atoms with van der Waals surface area (Å²) >= 11 is 0. The number of methoxy groups -OCH3 is 1. The molecule has 0 saturated carbocycles. The maximum absolute atomic E-state index is 5.28. The molecule has 0 radical (unpaired) electrons. The van der Waals surface area contributed by atoms with E-state index in [2.05, 4.69) is 43.7 Å². The van der Waals surface area contributed by atoms with E-state index in [1.54, 1.807) is 7.11 Å². The number of pyridine rings is 1. The van der Waals surface area contributed by atoms with Gasteiger partial charge in [0.2, 0.25) is 0 Å². The molecule has 1 spiro atoms. The van der Waals surface area contributed by atoms with Crippen LogP contribution < -0.4 is 0 Å². The lowest BCUT2D eigenvalue weighted by atomic mass is 9.79. The van der Waals surface area contributed by atoms with Gasteiger partial charge in [0.05, 0.1) is 18.5 Å². The van der Waals surface area contributed by atoms with Crippen molar-refractivity contribution in [3.8, 4) is 5.69 Å². The first kappa shape index (κ1) is 17.7. The van der Waals surface area contributed by atoms with Crippen molar-refractivity contribution in [2.24, 2.45) is 5.41 Å². The Balaban J connectivity index is 1.40. The molecule has 0 unspecified atom stereocenters. The van der Waals surface area contributed by atoms with Gasteiger partial charge in [-0.1, -0.05) is 0 Å². The zero-order valence-corrected chi connectivity index (χ0v) is 15.8. The number of aromatic nitrogens is 2. The molecule has 0 aromatic carbocycles. The highest BCUT2D eigenvalue weighted by atomic mass is 16.5. The largest absolute Gasteiger partial charge is 0.383 e. The second kappa shape index (κ2) is 7.91. The number of hydrogen-bond donors (Lipinski definition) is 0. The van der Waals surface area contributed by atoms with Crippen LogP contribution in [0.3, 0.4) is 0 Å². The van der Waals surface area contributed by atoms with E-state index in [0.29, 0.717) is 5.41 Å². The molecule has 1 atom stereocenters. The van der Waals surface area contributed by atoms with E-state index < -0.39 is 0 Å². The molecule has 26 heavy (non-hydrogen) atoms. The monoisotopic (exact) mass is 354 g/mol. The summed E-state index contributed by atoms with van der Waals surface area (Å²) in [5, 5.41) is 0. The Bertz CT molecular complexity index is 701. The summed E-state index contributed by atoms with van der Waals surface area (Å²) in [4.78, 5) is 9.51. The van der Waals surface area contributed by atoms with Gasteiger partial charge in [-0.2, -0.15) is 0 Å². The number of likely N-dealkylation sites (tertiary alicyclic amines) is 2. The number of hydrogen-bond acceptors (Lipinski definition) is 4. The number of nitrogens with zero attached hydrogens (tertiary/aromatic N) is 4. The highest BCUT2D eigenvalue weighted by Gasteiger charge is 2.41. The lowest BCUT2D eigenvalue weighted by Crippen LogP contribution is -2.45. The van der Waals surface area contributed by atoms with E-state index in [4.69, 9.17) is 4.74 Å². The zero-order valence-electron chi connectivity index (χ0n) is 15.8. The van der Waals surface area contributed by atoms with E-state index >= 15 is 0 Å². The molecular weight excluding hydrogens is 324 g/mol. The quantitative estimate of drug-likeness (QED) is 0.799. The second-order valence-corrected chi connectivity index (χ2v) is 7.91. The standard InChI is InChI=1S/C21H30N4O/c1-26-14-13-23-10-4-7-21(17-23)8-12-24(18-21)16-20-6-3-11-25(20)19-5-2-9-22-15-19/h2-3,5-6,9,11,15H,4,7-8,10,12-14,16-18H2,1H3/t21-/m0/s1. The Morgan fingerprint density at radius 3 is 2.88 bits per heavy atom. The summed E-state index contributed by atoms with van der Waals surface area (Å²) in [5.74, 6) is 0. The topological polar surface area (TPSA) is 33.5 Å². The van der Waals surface area contributed by atoms with E-state index in [-0.39, 0.29) is 0 Å². The first-order valence-corrected chi connectivity index (χ1v) is 9.78. The highest BCUT2D eigenvalue weighted by molar-refractivity contribution is 5.32. The van der Waals surface area contributed by atoms with Crippen LogP contribution in [-0.4, -0.2) is 65.8 Å². The average Bonchev–Trinajstić information content (AvgIpc) is 3.28. The summed E-state index contributed by atoms with van der Waals surface area (Å²) in [6, 6.07) is 8.50. The van der Waals surface area contributed by atoms with Crippen LogP contribution in [0, 0.1) is 5.41 Å². The van der Waals surface area contributed by atoms with Crippen molar-refractivity contribution in [3.63, 3.8) is 0 Å². The Morgan fingerprint density at radius 2 is 2.04 bits per heavy atom. The predicted octanol–water partition coefficient (Wildman–Crippen LogP) is 2.81. The molecule has 5 nitrogen and oxygen atoms in total. The fourth-order valence-corrected chi connectivity index (χ4v) is 4.74. The minimum atomic E-state index is 0.484. The normalized spacial score (nSPS) is 24.5. The van der Waals surface area contributed by atoms with Crippen LogP contribution in [0.4, 0.5) is 0 Å². The van der Waals surface area contributed by atoms with Crippen molar-refractivity contribution in [2.45, 2.75) is 25.8 Å². The van der Waals surface area contributed by atoms with Gasteiger partial charge in [-0.15, -0.1) is 0 Å². The second-order valence-electron chi connectivity index (χ2n) is 7.91. The lowest BCUT2D eigenvalue weighted by Gasteiger charge is -2.40. The molecule has 4 rings (SSSR count). The molecule has 2 aromatic rings. The van der Waals surface area contributed by atoms with Crippen LogP contribution in [-0.2, 0) is 11.3 Å². The van der Waals surface area contributed by atoms with Crippen LogP contribution in [0.25, 0.3) is 5.69 Å². The van der Waals surface area contributed by atoms with Crippen LogP contribution in [0.5, 0.6) is 0 Å². The fraction of sp³-hybridized carbons (Fsp3) is 0.571. The van der Waals surface area contributed by atoms with Gasteiger partial charge in [0, 0.05) is 51.4 Å². The molecule has 0 aliphatic carbocycles. The van der Waals surface area contributed by atoms with E-state index in [1.165, 1.54) is 51.1 Å². The third-order valence-corrected chi connectivity index (χ3v) is 6.01. The molecule has 140 valence electrons. The van der Waals surface area contributed by atoms with Crippen molar-refractivity contribution in [3.05, 3.63) is 48.5 Å². The molecule has 0 bridgehead atoms. The van der Waals surface area contributed by atoms with Gasteiger partial charge in [0.15, 0.2) is 0 Å². The van der Waals surface area contributed by atoms with Gasteiger partial charge in [0.1, 0.15) is 0 Å². The molecule has 2 saturated heterocycles. The van der Waals surface area contributed by atoms with Gasteiger partial charge in [-0.05, 0) is 62.0 Å². The molecule has 2 aliphatic rings. The van der Waals surface area contributed by atoms with E-state index in [0.717, 1.165) is 25.4 Å². The number of piperidine rings is 1. The molecule has 0 N–H and O–H groups in total. The smallest absolute Gasteiger partial charge is 0.0636 e. The Morgan fingerprint density at radius 1 is 1.12 bits per heavy atom. The molecule has 5 heteroatoms. The number of rotatable bonds is 6. The van der Waals surface area contributed by atoms with Crippen LogP contribution >= 0.6 is 0 Å². The van der Waals surface area contributed by atoms with Crippen molar-refractivity contribution in [1.82, 2.24) is 19.4 Å². The summed E-state index contributed by atoms with van der Waals surface area (Å²) in [6.45, 7) is 7.82. The summed E-state index contributed by atoms with van der Waals surface area (Å²) < 4.78 is 7.55. The summed E-state index contributed by atoms with van der Waals surface area (Å²) in [6.07, 6.45) is 9.93.